The van der Waals surface area contributed by atoms with Gasteiger partial charge in [-0.15, -0.1) is 0 Å². The molecule has 2 aromatic heterocycles. The van der Waals surface area contributed by atoms with E-state index in [1.807, 2.05) is 12.1 Å². The summed E-state index contributed by atoms with van der Waals surface area (Å²) in [5, 5.41) is 0. The molecule has 4 nitrogen and oxygen atoms in total. The van der Waals surface area contributed by atoms with Crippen LogP contribution in [0.5, 0.6) is 0 Å². The van der Waals surface area contributed by atoms with Crippen LogP contribution < -0.4 is 4.90 Å². The van der Waals surface area contributed by atoms with Gasteiger partial charge in [-0.2, -0.15) is 0 Å². The molecule has 1 aliphatic heterocycles. The van der Waals surface area contributed by atoms with Gasteiger partial charge in [0.1, 0.15) is 5.82 Å². The number of anilines is 1. The Hall–Kier alpha value is -1.97. The van der Waals surface area contributed by atoms with Crippen molar-refractivity contribution in [2.75, 3.05) is 11.4 Å². The highest BCUT2D eigenvalue weighted by atomic mass is 15.2. The summed E-state index contributed by atoms with van der Waals surface area (Å²) in [5.74, 6) is 2.59. The van der Waals surface area contributed by atoms with Gasteiger partial charge in [0.15, 0.2) is 5.82 Å². The molecule has 2 aromatic rings. The summed E-state index contributed by atoms with van der Waals surface area (Å²) in [4.78, 5) is 16.1. The van der Waals surface area contributed by atoms with E-state index in [0.717, 1.165) is 29.4 Å². The lowest BCUT2D eigenvalue weighted by molar-refractivity contribution is 0.391. The molecule has 3 heterocycles. The second-order valence-electron chi connectivity index (χ2n) is 6.90. The van der Waals surface area contributed by atoms with E-state index < -0.39 is 0 Å². The quantitative estimate of drug-likeness (QED) is 0.846. The lowest BCUT2D eigenvalue weighted by Crippen LogP contribution is -2.41. The molecule has 0 unspecified atom stereocenters. The van der Waals surface area contributed by atoms with Gasteiger partial charge in [-0.3, -0.25) is 4.98 Å². The fourth-order valence-electron chi connectivity index (χ4n) is 3.42. The van der Waals surface area contributed by atoms with Gasteiger partial charge in [0, 0.05) is 42.3 Å². The maximum Gasteiger partial charge on any atom is 0.161 e. The molecule has 0 bridgehead atoms. The molecule has 0 aromatic carbocycles. The maximum atomic E-state index is 4.87. The van der Waals surface area contributed by atoms with Crippen LogP contribution in [0.15, 0.2) is 30.6 Å². The largest absolute Gasteiger partial charge is 0.353 e. The highest BCUT2D eigenvalue weighted by Gasteiger charge is 2.25. The summed E-state index contributed by atoms with van der Waals surface area (Å²) >= 11 is 0. The van der Waals surface area contributed by atoms with Gasteiger partial charge in [0.25, 0.3) is 0 Å². The Morgan fingerprint density at radius 1 is 1.17 bits per heavy atom. The van der Waals surface area contributed by atoms with Crippen molar-refractivity contribution in [1.29, 1.82) is 0 Å². The van der Waals surface area contributed by atoms with Crippen molar-refractivity contribution in [3.05, 3.63) is 36.3 Å². The van der Waals surface area contributed by atoms with Crippen molar-refractivity contribution in [1.82, 2.24) is 15.0 Å². The topological polar surface area (TPSA) is 41.9 Å². The molecular formula is C19H26N4. The Kier molecular flexibility index (Phi) is 4.89. The zero-order valence-electron chi connectivity index (χ0n) is 14.4. The zero-order chi connectivity index (χ0) is 16.2. The highest BCUT2D eigenvalue weighted by molar-refractivity contribution is 5.57. The molecule has 122 valence electrons. The molecule has 0 spiro atoms. The number of nitrogens with zero attached hydrogens (tertiary/aromatic N) is 4. The van der Waals surface area contributed by atoms with E-state index in [-0.39, 0.29) is 0 Å². The van der Waals surface area contributed by atoms with E-state index >= 15 is 0 Å². The molecule has 0 saturated carbocycles. The first-order valence-electron chi connectivity index (χ1n) is 8.66. The van der Waals surface area contributed by atoms with Gasteiger partial charge in [0.05, 0.1) is 0 Å². The van der Waals surface area contributed by atoms with Crippen molar-refractivity contribution >= 4 is 5.82 Å². The third-order valence-electron chi connectivity index (χ3n) is 4.44. The van der Waals surface area contributed by atoms with E-state index in [1.165, 1.54) is 25.7 Å². The van der Waals surface area contributed by atoms with Gasteiger partial charge >= 0.3 is 0 Å². The molecule has 4 heteroatoms. The van der Waals surface area contributed by atoms with Crippen LogP contribution in [-0.4, -0.2) is 27.5 Å². The summed E-state index contributed by atoms with van der Waals surface area (Å²) in [5.41, 5.74) is 2.05. The second kappa shape index (κ2) is 7.07. The van der Waals surface area contributed by atoms with E-state index in [1.54, 1.807) is 12.4 Å². The molecular weight excluding hydrogens is 284 g/mol. The van der Waals surface area contributed by atoms with Crippen LogP contribution in [0.4, 0.5) is 5.82 Å². The Morgan fingerprint density at radius 3 is 2.70 bits per heavy atom. The minimum absolute atomic E-state index is 0.600. The van der Waals surface area contributed by atoms with Crippen molar-refractivity contribution in [3.8, 4) is 11.4 Å². The smallest absolute Gasteiger partial charge is 0.161 e. The van der Waals surface area contributed by atoms with E-state index in [9.17, 15) is 0 Å². The molecule has 1 atom stereocenters. The molecule has 1 saturated heterocycles. The Morgan fingerprint density at radius 2 is 1.96 bits per heavy atom. The SMILES string of the molecule is Cc1cc(N2CCCC[C@H]2CC(C)C)nc(-c2ccncc2)n1. The van der Waals surface area contributed by atoms with Crippen LogP contribution >= 0.6 is 0 Å². The summed E-state index contributed by atoms with van der Waals surface area (Å²) in [6.07, 6.45) is 8.67. The number of rotatable bonds is 4. The third kappa shape index (κ3) is 3.87. The van der Waals surface area contributed by atoms with Crippen LogP contribution in [0.3, 0.4) is 0 Å². The molecule has 0 aliphatic carbocycles. The van der Waals surface area contributed by atoms with Crippen molar-refractivity contribution in [2.24, 2.45) is 5.92 Å². The monoisotopic (exact) mass is 310 g/mol. The molecule has 0 radical (unpaired) electrons. The first-order chi connectivity index (χ1) is 11.1. The van der Waals surface area contributed by atoms with Gasteiger partial charge in [-0.1, -0.05) is 13.8 Å². The van der Waals surface area contributed by atoms with Crippen LogP contribution in [0, 0.1) is 12.8 Å². The average molecular weight is 310 g/mol. The first-order valence-corrected chi connectivity index (χ1v) is 8.66. The fraction of sp³-hybridized carbons (Fsp3) is 0.526. The van der Waals surface area contributed by atoms with E-state index in [2.05, 4.69) is 41.7 Å². The van der Waals surface area contributed by atoms with Crippen LogP contribution in [-0.2, 0) is 0 Å². The van der Waals surface area contributed by atoms with E-state index in [0.29, 0.717) is 12.0 Å². The molecule has 1 aliphatic rings. The molecule has 3 rings (SSSR count). The number of pyridine rings is 1. The highest BCUT2D eigenvalue weighted by Crippen LogP contribution is 2.29. The normalized spacial score (nSPS) is 18.4. The van der Waals surface area contributed by atoms with Crippen molar-refractivity contribution in [3.63, 3.8) is 0 Å². The zero-order valence-corrected chi connectivity index (χ0v) is 14.4. The van der Waals surface area contributed by atoms with Gasteiger partial charge in [-0.05, 0) is 50.7 Å². The molecule has 0 amide bonds. The lowest BCUT2D eigenvalue weighted by atomic mass is 9.94. The van der Waals surface area contributed by atoms with Crippen LogP contribution in [0.2, 0.25) is 0 Å². The summed E-state index contributed by atoms with van der Waals surface area (Å²) in [6, 6.07) is 6.67. The lowest BCUT2D eigenvalue weighted by Gasteiger charge is -2.38. The third-order valence-corrected chi connectivity index (χ3v) is 4.44. The number of piperidine rings is 1. The standard InChI is InChI=1S/C19H26N4/c1-14(2)12-17-6-4-5-11-23(17)18-13-15(3)21-19(22-18)16-7-9-20-10-8-16/h7-10,13-14,17H,4-6,11-12H2,1-3H3/t17-/m0/s1. The van der Waals surface area contributed by atoms with E-state index in [4.69, 9.17) is 4.98 Å². The molecule has 1 fully saturated rings. The Labute approximate surface area is 139 Å². The fourth-order valence-corrected chi connectivity index (χ4v) is 3.42. The molecule has 23 heavy (non-hydrogen) atoms. The van der Waals surface area contributed by atoms with Crippen molar-refractivity contribution < 1.29 is 0 Å². The minimum Gasteiger partial charge on any atom is -0.353 e. The molecule has 0 N–H and O–H groups in total. The maximum absolute atomic E-state index is 4.87. The minimum atomic E-state index is 0.600. The number of hydrogen-bond donors (Lipinski definition) is 0. The number of aryl methyl sites for hydroxylation is 1. The van der Waals surface area contributed by atoms with Gasteiger partial charge in [-0.25, -0.2) is 9.97 Å². The second-order valence-corrected chi connectivity index (χ2v) is 6.90. The first kappa shape index (κ1) is 15.9. The Bertz CT molecular complexity index is 639. The average Bonchev–Trinajstić information content (AvgIpc) is 2.55. The Balaban J connectivity index is 1.93. The summed E-state index contributed by atoms with van der Waals surface area (Å²) in [7, 11) is 0. The summed E-state index contributed by atoms with van der Waals surface area (Å²) < 4.78 is 0. The predicted octanol–water partition coefficient (Wildman–Crippen LogP) is 4.25. The number of aromatic nitrogens is 3. The van der Waals surface area contributed by atoms with Crippen LogP contribution in [0.25, 0.3) is 11.4 Å². The van der Waals surface area contributed by atoms with Crippen LogP contribution in [0.1, 0.15) is 45.2 Å². The van der Waals surface area contributed by atoms with Gasteiger partial charge in [0.2, 0.25) is 0 Å². The van der Waals surface area contributed by atoms with Crippen molar-refractivity contribution in [2.45, 2.75) is 52.5 Å². The summed E-state index contributed by atoms with van der Waals surface area (Å²) in [6.45, 7) is 7.77. The predicted molar refractivity (Wildman–Crippen MR) is 94.4 cm³/mol. The number of hydrogen-bond acceptors (Lipinski definition) is 4. The van der Waals surface area contributed by atoms with Gasteiger partial charge < -0.3 is 4.90 Å².